The second-order valence-electron chi connectivity index (χ2n) is 23.1. The third kappa shape index (κ3) is 65.5. The molecule has 0 radical (unpaired) electrons. The highest BCUT2D eigenvalue weighted by Crippen LogP contribution is 2.17. The van der Waals surface area contributed by atoms with E-state index in [1.807, 2.05) is 0 Å². The first kappa shape index (κ1) is 75.8. The van der Waals surface area contributed by atoms with Gasteiger partial charge in [-0.3, -0.25) is 14.4 Å². The summed E-state index contributed by atoms with van der Waals surface area (Å²) in [6.45, 7) is 6.63. The van der Waals surface area contributed by atoms with Gasteiger partial charge in [-0.25, -0.2) is 0 Å². The molecule has 0 heterocycles. The molecule has 1 atom stereocenters. The lowest BCUT2D eigenvalue weighted by Crippen LogP contribution is -2.30. The van der Waals surface area contributed by atoms with Gasteiger partial charge in [0, 0.05) is 19.3 Å². The molecule has 0 bridgehead atoms. The van der Waals surface area contributed by atoms with Crippen molar-refractivity contribution in [3.8, 4) is 0 Å². The van der Waals surface area contributed by atoms with Gasteiger partial charge in [0.1, 0.15) is 13.2 Å². The first-order chi connectivity index (χ1) is 39.0. The summed E-state index contributed by atoms with van der Waals surface area (Å²) in [4.78, 5) is 38.4. The smallest absolute Gasteiger partial charge is 0.306 e. The minimum atomic E-state index is -0.785. The van der Waals surface area contributed by atoms with Crippen LogP contribution in [0.2, 0.25) is 0 Å². The monoisotopic (exact) mass is 1100 g/mol. The Morgan fingerprint density at radius 1 is 0.253 bits per heavy atom. The summed E-state index contributed by atoms with van der Waals surface area (Å²) in [6.07, 6.45) is 87.7. The van der Waals surface area contributed by atoms with E-state index in [2.05, 4.69) is 93.7 Å². The predicted molar refractivity (Wildman–Crippen MR) is 344 cm³/mol. The average molecular weight is 1100 g/mol. The van der Waals surface area contributed by atoms with Crippen molar-refractivity contribution < 1.29 is 28.6 Å². The first-order valence-electron chi connectivity index (χ1n) is 34.4. The molecule has 0 fully saturated rings. The molecule has 0 aliphatic heterocycles. The van der Waals surface area contributed by atoms with Crippen LogP contribution in [-0.2, 0) is 28.6 Å². The Bertz CT molecular complexity index is 1450. The molecule has 0 aliphatic carbocycles. The van der Waals surface area contributed by atoms with E-state index in [1.165, 1.54) is 225 Å². The minimum absolute atomic E-state index is 0.0797. The number of esters is 3. The van der Waals surface area contributed by atoms with Gasteiger partial charge in [-0.05, 0) is 116 Å². The third-order valence-corrected chi connectivity index (χ3v) is 15.2. The molecule has 0 amide bonds. The van der Waals surface area contributed by atoms with Crippen LogP contribution in [0.4, 0.5) is 0 Å². The van der Waals surface area contributed by atoms with Crippen molar-refractivity contribution in [1.82, 2.24) is 0 Å². The maximum atomic E-state index is 12.9. The van der Waals surface area contributed by atoms with Crippen LogP contribution < -0.4 is 0 Å². The van der Waals surface area contributed by atoms with Crippen LogP contribution in [-0.4, -0.2) is 37.2 Å². The molecule has 0 spiro atoms. The quantitative estimate of drug-likeness (QED) is 0.0261. The zero-order valence-electron chi connectivity index (χ0n) is 52.6. The summed E-state index contributed by atoms with van der Waals surface area (Å²) >= 11 is 0. The highest BCUT2D eigenvalue weighted by atomic mass is 16.6. The topological polar surface area (TPSA) is 78.9 Å². The van der Waals surface area contributed by atoms with Crippen LogP contribution in [0.15, 0.2) is 72.9 Å². The highest BCUT2D eigenvalue weighted by molar-refractivity contribution is 5.71. The number of carbonyl (C=O) groups is 3. The van der Waals surface area contributed by atoms with Gasteiger partial charge in [-0.2, -0.15) is 0 Å². The molecule has 0 aromatic rings. The summed E-state index contributed by atoms with van der Waals surface area (Å²) in [5.41, 5.74) is 0. The fourth-order valence-corrected chi connectivity index (χ4v) is 9.95. The normalized spacial score (nSPS) is 12.5. The van der Waals surface area contributed by atoms with Gasteiger partial charge < -0.3 is 14.2 Å². The number of hydrogen-bond acceptors (Lipinski definition) is 6. The number of allylic oxidation sites excluding steroid dienone is 12. The molecule has 0 N–H and O–H groups in total. The lowest BCUT2D eigenvalue weighted by atomic mass is 10.0. The molecule has 0 saturated heterocycles. The van der Waals surface area contributed by atoms with Gasteiger partial charge in [0.2, 0.25) is 0 Å². The molecular formula is C73H130O6. The second-order valence-corrected chi connectivity index (χ2v) is 23.1. The van der Waals surface area contributed by atoms with Crippen LogP contribution in [0.5, 0.6) is 0 Å². The van der Waals surface area contributed by atoms with E-state index in [4.69, 9.17) is 14.2 Å². The minimum Gasteiger partial charge on any atom is -0.462 e. The van der Waals surface area contributed by atoms with Crippen molar-refractivity contribution in [3.63, 3.8) is 0 Å². The lowest BCUT2D eigenvalue weighted by molar-refractivity contribution is -0.167. The number of rotatable bonds is 63. The van der Waals surface area contributed by atoms with Crippen LogP contribution in [0.25, 0.3) is 0 Å². The number of unbranched alkanes of at least 4 members (excludes halogenated alkanes) is 40. The highest BCUT2D eigenvalue weighted by Gasteiger charge is 2.19. The summed E-state index contributed by atoms with van der Waals surface area (Å²) in [7, 11) is 0. The lowest BCUT2D eigenvalue weighted by Gasteiger charge is -2.18. The summed E-state index contributed by atoms with van der Waals surface area (Å²) in [5.74, 6) is -0.878. The maximum absolute atomic E-state index is 12.9. The molecular weight excluding hydrogens is 973 g/mol. The van der Waals surface area contributed by atoms with Crippen molar-refractivity contribution in [2.24, 2.45) is 0 Å². The molecule has 1 unspecified atom stereocenters. The van der Waals surface area contributed by atoms with Crippen LogP contribution in [0, 0.1) is 0 Å². The largest absolute Gasteiger partial charge is 0.462 e. The summed E-state index contributed by atoms with van der Waals surface area (Å²) in [6, 6.07) is 0. The van der Waals surface area contributed by atoms with Crippen LogP contribution in [0.3, 0.4) is 0 Å². The van der Waals surface area contributed by atoms with Crippen molar-refractivity contribution in [3.05, 3.63) is 72.9 Å². The van der Waals surface area contributed by atoms with Gasteiger partial charge in [-0.15, -0.1) is 0 Å². The fourth-order valence-electron chi connectivity index (χ4n) is 9.95. The predicted octanol–water partition coefficient (Wildman–Crippen LogP) is 23.7. The zero-order valence-corrected chi connectivity index (χ0v) is 52.6. The van der Waals surface area contributed by atoms with Gasteiger partial charge in [0.05, 0.1) is 0 Å². The number of hydrogen-bond donors (Lipinski definition) is 0. The van der Waals surface area contributed by atoms with E-state index < -0.39 is 6.10 Å². The molecule has 6 nitrogen and oxygen atoms in total. The van der Waals surface area contributed by atoms with Crippen molar-refractivity contribution in [1.29, 1.82) is 0 Å². The van der Waals surface area contributed by atoms with E-state index in [0.29, 0.717) is 19.3 Å². The SMILES string of the molecule is CCCCCC/C=C\C/C=C\CCCCCCCCCC(=O)OCC(COC(=O)CCCCCCCCCCCCCCC/C=C\C/C=C\CCCCCCC)OC(=O)CCCCCCCCC/C=C\C/C=C\CCCCCC. The molecule has 0 aromatic heterocycles. The molecule has 0 aromatic carbocycles. The molecule has 79 heavy (non-hydrogen) atoms. The van der Waals surface area contributed by atoms with E-state index in [-0.39, 0.29) is 31.1 Å². The molecule has 0 rings (SSSR count). The fraction of sp³-hybridized carbons (Fsp3) is 0.795. The average Bonchev–Trinajstić information content (AvgIpc) is 3.45. The van der Waals surface area contributed by atoms with Crippen LogP contribution >= 0.6 is 0 Å². The third-order valence-electron chi connectivity index (χ3n) is 15.2. The Labute approximate surface area is 491 Å². The van der Waals surface area contributed by atoms with Crippen molar-refractivity contribution >= 4 is 17.9 Å². The number of carbonyl (C=O) groups excluding carboxylic acids is 3. The van der Waals surface area contributed by atoms with E-state index in [0.717, 1.165) is 89.9 Å². The van der Waals surface area contributed by atoms with Gasteiger partial charge in [-0.1, -0.05) is 293 Å². The van der Waals surface area contributed by atoms with Crippen LogP contribution in [0.1, 0.15) is 355 Å². The maximum Gasteiger partial charge on any atom is 0.306 e. The molecule has 458 valence electrons. The zero-order chi connectivity index (χ0) is 57.1. The van der Waals surface area contributed by atoms with Crippen molar-refractivity contribution in [2.75, 3.05) is 13.2 Å². The molecule has 6 heteroatoms. The number of ether oxygens (including phenoxy) is 3. The van der Waals surface area contributed by atoms with E-state index in [9.17, 15) is 14.4 Å². The standard InChI is InChI=1S/C73H130O6/c1-4-7-10-13-16-19-22-25-28-31-34-35-36-37-38-39-40-43-45-48-51-54-57-60-63-66-72(75)78-69-70(79-73(76)67-64-61-58-55-52-49-46-42-33-30-27-24-21-18-15-12-9-6-3)68-77-71(74)65-62-59-56-53-50-47-44-41-32-29-26-23-20-17-14-11-8-5-2/h20-25,29-34,70H,4-19,26-28,35-69H2,1-3H3/b23-20-,24-21-,25-22-,32-29-,33-30-,34-31-. The molecule has 0 saturated carbocycles. The van der Waals surface area contributed by atoms with Gasteiger partial charge in [0.15, 0.2) is 6.10 Å². The van der Waals surface area contributed by atoms with Crippen molar-refractivity contribution in [2.45, 2.75) is 361 Å². The summed E-state index contributed by atoms with van der Waals surface area (Å²) in [5, 5.41) is 0. The Morgan fingerprint density at radius 3 is 0.709 bits per heavy atom. The first-order valence-corrected chi connectivity index (χ1v) is 34.4. The molecule has 0 aliphatic rings. The Hall–Kier alpha value is -3.15. The Kier molecular flexibility index (Phi) is 64.7. The Morgan fingerprint density at radius 2 is 0.456 bits per heavy atom. The Balaban J connectivity index is 4.34. The van der Waals surface area contributed by atoms with Gasteiger partial charge >= 0.3 is 17.9 Å². The van der Waals surface area contributed by atoms with E-state index >= 15 is 0 Å². The summed E-state index contributed by atoms with van der Waals surface area (Å²) < 4.78 is 17.0. The van der Waals surface area contributed by atoms with E-state index in [1.54, 1.807) is 0 Å². The van der Waals surface area contributed by atoms with Gasteiger partial charge in [0.25, 0.3) is 0 Å². The second kappa shape index (κ2) is 67.4.